The third-order valence-corrected chi connectivity index (χ3v) is 5.10. The first-order chi connectivity index (χ1) is 15.0. The molecule has 0 spiro atoms. The van der Waals surface area contributed by atoms with Crippen LogP contribution in [-0.4, -0.2) is 57.0 Å². The Morgan fingerprint density at radius 1 is 1.09 bits per heavy atom. The molecule has 0 radical (unpaired) electrons. The van der Waals surface area contributed by atoms with Gasteiger partial charge in [0.2, 0.25) is 0 Å². The summed E-state index contributed by atoms with van der Waals surface area (Å²) in [6.45, 7) is 1.39. The van der Waals surface area contributed by atoms with Crippen LogP contribution >= 0.6 is 0 Å². The second kappa shape index (κ2) is 9.79. The molecule has 0 saturated carbocycles. The molecule has 1 N–H and O–H groups in total. The summed E-state index contributed by atoms with van der Waals surface area (Å²) >= 11 is -2.90. The van der Waals surface area contributed by atoms with Gasteiger partial charge in [0, 0.05) is 61.2 Å². The van der Waals surface area contributed by atoms with Crippen molar-refractivity contribution in [2.75, 3.05) is 30.9 Å². The van der Waals surface area contributed by atoms with Crippen molar-refractivity contribution in [3.8, 4) is 5.75 Å². The summed E-state index contributed by atoms with van der Waals surface area (Å²) in [7, 11) is 0. The van der Waals surface area contributed by atoms with Gasteiger partial charge in [-0.05, 0) is 24.3 Å². The van der Waals surface area contributed by atoms with Gasteiger partial charge in [0.25, 0.3) is 5.91 Å². The first kappa shape index (κ1) is 23.9. The number of rotatable bonds is 6. The number of carbonyl (C=O) groups excluding carboxylic acids is 1. The van der Waals surface area contributed by atoms with Crippen molar-refractivity contribution in [3.63, 3.8) is 0 Å². The number of halogens is 5. The zero-order valence-electron chi connectivity index (χ0n) is 16.3. The van der Waals surface area contributed by atoms with Crippen LogP contribution in [0.15, 0.2) is 36.4 Å². The van der Waals surface area contributed by atoms with Gasteiger partial charge in [-0.25, -0.2) is 8.78 Å². The summed E-state index contributed by atoms with van der Waals surface area (Å²) in [6, 6.07) is 6.27. The molecule has 1 aliphatic rings. The lowest BCUT2D eigenvalue weighted by atomic mass is 10.1. The number of hydrogen-bond donors (Lipinski definition) is 1. The molecule has 1 saturated heterocycles. The van der Waals surface area contributed by atoms with E-state index in [1.54, 1.807) is 4.72 Å². The Kier molecular flexibility index (Phi) is 7.31. The van der Waals surface area contributed by atoms with E-state index in [9.17, 15) is 35.5 Å². The van der Waals surface area contributed by atoms with E-state index in [-0.39, 0.29) is 25.2 Å². The molecule has 1 aliphatic heterocycles. The predicted molar refractivity (Wildman–Crippen MR) is 103 cm³/mol. The molecule has 2 aromatic carbocycles. The quantitative estimate of drug-likeness (QED) is 0.510. The maximum atomic E-state index is 13.8. The molecule has 0 bridgehead atoms. The Labute approximate surface area is 182 Å². The number of alkyl halides is 3. The summed E-state index contributed by atoms with van der Waals surface area (Å²) in [6.07, 6.45) is -5.09. The summed E-state index contributed by atoms with van der Waals surface area (Å²) < 4.78 is 92.0. The molecule has 174 valence electrons. The van der Waals surface area contributed by atoms with Crippen LogP contribution in [0.2, 0.25) is 0 Å². The van der Waals surface area contributed by atoms with Gasteiger partial charge in [0.05, 0.1) is 5.69 Å². The lowest BCUT2D eigenvalue weighted by Crippen LogP contribution is -2.48. The molecular formula is C19H17F5N3O4S-. The fourth-order valence-corrected chi connectivity index (χ4v) is 3.57. The maximum absolute atomic E-state index is 13.8. The number of anilines is 1. The third-order valence-electron chi connectivity index (χ3n) is 4.72. The smallest absolute Gasteiger partial charge is 0.573 e. The first-order valence-electron chi connectivity index (χ1n) is 9.23. The lowest BCUT2D eigenvalue weighted by Gasteiger charge is -2.35. The second-order valence-corrected chi connectivity index (χ2v) is 7.57. The number of ether oxygens (including phenoxy) is 1. The van der Waals surface area contributed by atoms with Crippen molar-refractivity contribution < 1.29 is 40.2 Å². The van der Waals surface area contributed by atoms with Gasteiger partial charge in [-0.1, -0.05) is 6.07 Å². The fourth-order valence-electron chi connectivity index (χ4n) is 3.22. The van der Waals surface area contributed by atoms with Crippen molar-refractivity contribution in [2.45, 2.75) is 12.9 Å². The van der Waals surface area contributed by atoms with Crippen molar-refractivity contribution >= 4 is 22.9 Å². The minimum absolute atomic E-state index is 0.121. The standard InChI is InChI=1S/C19H18F5N3O4S/c20-14-3-1-13(15(21)10-14)11-26-5-7-27(8-6-26)18(28)12-2-4-16(25-32(29)30)17(9-12)31-19(22,23)24/h1-4,9-10,25H,5-8,11H2,(H,29,30)/p-1. The van der Waals surface area contributed by atoms with E-state index in [0.717, 1.165) is 24.3 Å². The van der Waals surface area contributed by atoms with Gasteiger partial charge in [-0.2, -0.15) is 0 Å². The Balaban J connectivity index is 1.67. The summed E-state index contributed by atoms with van der Waals surface area (Å²) in [5, 5.41) is 0. The molecular weight excluding hydrogens is 461 g/mol. The average molecular weight is 478 g/mol. The normalized spacial score (nSPS) is 16.0. The molecule has 3 rings (SSSR count). The maximum Gasteiger partial charge on any atom is 0.573 e. The molecule has 1 fully saturated rings. The zero-order chi connectivity index (χ0) is 23.5. The van der Waals surface area contributed by atoms with Gasteiger partial charge in [-0.15, -0.1) is 13.2 Å². The Morgan fingerprint density at radius 2 is 1.78 bits per heavy atom. The van der Waals surface area contributed by atoms with E-state index in [1.807, 2.05) is 4.90 Å². The van der Waals surface area contributed by atoms with Crippen LogP contribution < -0.4 is 9.46 Å². The number of hydrogen-bond acceptors (Lipinski definition) is 5. The van der Waals surface area contributed by atoms with Crippen molar-refractivity contribution in [1.82, 2.24) is 9.80 Å². The molecule has 7 nitrogen and oxygen atoms in total. The Bertz CT molecular complexity index is 1010. The second-order valence-electron chi connectivity index (χ2n) is 6.90. The van der Waals surface area contributed by atoms with Crippen LogP contribution in [0.25, 0.3) is 0 Å². The number of amides is 1. The van der Waals surface area contributed by atoms with Crippen LogP contribution in [0.1, 0.15) is 15.9 Å². The van der Waals surface area contributed by atoms with E-state index >= 15 is 0 Å². The van der Waals surface area contributed by atoms with E-state index in [0.29, 0.717) is 18.7 Å². The van der Waals surface area contributed by atoms with Crippen LogP contribution in [0.5, 0.6) is 5.75 Å². The van der Waals surface area contributed by atoms with E-state index < -0.39 is 46.6 Å². The van der Waals surface area contributed by atoms with Gasteiger partial charge >= 0.3 is 6.36 Å². The van der Waals surface area contributed by atoms with E-state index in [4.69, 9.17) is 0 Å². The first-order valence-corrected chi connectivity index (χ1v) is 10.3. The third kappa shape index (κ3) is 6.37. The van der Waals surface area contributed by atoms with Crippen LogP contribution in [-0.2, 0) is 17.8 Å². The highest BCUT2D eigenvalue weighted by Crippen LogP contribution is 2.32. The SMILES string of the molecule is O=C(c1ccc(NS(=O)[O-])c(OC(F)(F)F)c1)N1CCN(Cc2ccc(F)cc2F)CC1. The zero-order valence-corrected chi connectivity index (χ0v) is 17.1. The monoisotopic (exact) mass is 478 g/mol. The molecule has 2 aromatic rings. The average Bonchev–Trinajstić information content (AvgIpc) is 2.70. The van der Waals surface area contributed by atoms with Crippen molar-refractivity contribution in [3.05, 3.63) is 59.2 Å². The minimum atomic E-state index is -5.09. The molecule has 1 unspecified atom stereocenters. The number of benzene rings is 2. The van der Waals surface area contributed by atoms with Gasteiger partial charge < -0.3 is 18.9 Å². The minimum Gasteiger partial charge on any atom is -0.755 e. The number of piperazine rings is 1. The molecule has 13 heteroatoms. The predicted octanol–water partition coefficient (Wildman–Crippen LogP) is 3.03. The van der Waals surface area contributed by atoms with Crippen LogP contribution in [0, 0.1) is 11.6 Å². The molecule has 0 aliphatic carbocycles. The molecule has 1 atom stereocenters. The Hall–Kier alpha value is -2.77. The molecule has 1 heterocycles. The van der Waals surface area contributed by atoms with Crippen molar-refractivity contribution in [2.24, 2.45) is 0 Å². The highest BCUT2D eigenvalue weighted by Gasteiger charge is 2.33. The van der Waals surface area contributed by atoms with Crippen molar-refractivity contribution in [1.29, 1.82) is 0 Å². The number of nitrogens with zero attached hydrogens (tertiary/aromatic N) is 2. The van der Waals surface area contributed by atoms with Gasteiger partial charge in [0.15, 0.2) is 5.75 Å². The largest absolute Gasteiger partial charge is 0.755 e. The highest BCUT2D eigenvalue weighted by molar-refractivity contribution is 7.80. The van der Waals surface area contributed by atoms with E-state index in [1.165, 1.54) is 17.0 Å². The summed E-state index contributed by atoms with van der Waals surface area (Å²) in [5.41, 5.74) is -0.290. The fraction of sp³-hybridized carbons (Fsp3) is 0.316. The highest BCUT2D eigenvalue weighted by atomic mass is 32.2. The van der Waals surface area contributed by atoms with Crippen LogP contribution in [0.3, 0.4) is 0 Å². The topological polar surface area (TPSA) is 84.9 Å². The van der Waals surface area contributed by atoms with Gasteiger partial charge in [0.1, 0.15) is 11.6 Å². The molecule has 0 aromatic heterocycles. The number of nitrogens with one attached hydrogen (secondary N) is 1. The van der Waals surface area contributed by atoms with Gasteiger partial charge in [-0.3, -0.25) is 13.9 Å². The lowest BCUT2D eigenvalue weighted by molar-refractivity contribution is -0.274. The molecule has 32 heavy (non-hydrogen) atoms. The Morgan fingerprint density at radius 3 is 2.38 bits per heavy atom. The molecule has 1 amide bonds. The summed E-state index contributed by atoms with van der Waals surface area (Å²) in [4.78, 5) is 16.0. The van der Waals surface area contributed by atoms with Crippen LogP contribution in [0.4, 0.5) is 27.6 Å². The number of carbonyl (C=O) groups is 1. The van der Waals surface area contributed by atoms with E-state index in [2.05, 4.69) is 4.74 Å². The summed E-state index contributed by atoms with van der Waals surface area (Å²) in [5.74, 6) is -2.79.